The molecule has 0 saturated carbocycles. The van der Waals surface area contributed by atoms with Crippen molar-refractivity contribution >= 4 is 11.6 Å². The smallest absolute Gasteiger partial charge is 0.251 e. The molecule has 8 heteroatoms. The molecular weight excluding hydrogens is 413 g/mol. The summed E-state index contributed by atoms with van der Waals surface area (Å²) in [6, 6.07) is 15.6. The Labute approximate surface area is 185 Å². The number of amides is 1. The molecule has 0 radical (unpaired) electrons. The first-order valence-corrected chi connectivity index (χ1v) is 10.6. The fraction of sp³-hybridized carbons (Fsp3) is 0.292. The highest BCUT2D eigenvalue weighted by Crippen LogP contribution is 2.32. The van der Waals surface area contributed by atoms with Crippen molar-refractivity contribution in [1.29, 1.82) is 0 Å². The van der Waals surface area contributed by atoms with E-state index in [4.69, 9.17) is 13.9 Å². The van der Waals surface area contributed by atoms with Gasteiger partial charge in [-0.3, -0.25) is 9.69 Å². The lowest BCUT2D eigenvalue weighted by Crippen LogP contribution is -2.50. The number of hydrogen-bond acceptors (Lipinski definition) is 6. The number of para-hydroxylation sites is 1. The Morgan fingerprint density at radius 1 is 1.00 bits per heavy atom. The van der Waals surface area contributed by atoms with Crippen LogP contribution in [0.25, 0.3) is 0 Å². The summed E-state index contributed by atoms with van der Waals surface area (Å²) in [6.07, 6.45) is 1.64. The molecule has 0 aliphatic carbocycles. The lowest BCUT2D eigenvalue weighted by atomic mass is 10.1. The number of ether oxygens (including phenoxy) is 2. The van der Waals surface area contributed by atoms with Crippen LogP contribution in [0.5, 0.6) is 11.5 Å². The topological polar surface area (TPSA) is 67.2 Å². The zero-order valence-electron chi connectivity index (χ0n) is 17.5. The number of halogens is 1. The normalized spacial score (nSPS) is 16.7. The first-order valence-electron chi connectivity index (χ1n) is 10.6. The van der Waals surface area contributed by atoms with Crippen LogP contribution in [0.15, 0.2) is 65.3 Å². The number of carbonyl (C=O) groups is 1. The maximum atomic E-state index is 14.2. The predicted molar refractivity (Wildman–Crippen MR) is 117 cm³/mol. The minimum Gasteiger partial charge on any atom is -0.468 e. The number of furan rings is 1. The summed E-state index contributed by atoms with van der Waals surface area (Å²) in [4.78, 5) is 17.1. The quantitative estimate of drug-likeness (QED) is 0.637. The van der Waals surface area contributed by atoms with Crippen LogP contribution in [0.2, 0.25) is 0 Å². The van der Waals surface area contributed by atoms with E-state index in [1.54, 1.807) is 36.6 Å². The van der Waals surface area contributed by atoms with Crippen molar-refractivity contribution in [1.82, 2.24) is 10.2 Å². The molecule has 1 saturated heterocycles. The van der Waals surface area contributed by atoms with Crippen LogP contribution >= 0.6 is 0 Å². The zero-order valence-corrected chi connectivity index (χ0v) is 17.5. The van der Waals surface area contributed by atoms with Crippen molar-refractivity contribution < 1.29 is 23.1 Å². The highest BCUT2D eigenvalue weighted by atomic mass is 19.1. The SMILES string of the molecule is O=C(NC[C@@H](c1ccco1)N1CCN(c2ccccc2F)CC1)c1ccc2c(c1)OCO2. The Balaban J connectivity index is 1.25. The molecule has 1 aromatic heterocycles. The molecule has 1 amide bonds. The van der Waals surface area contributed by atoms with Gasteiger partial charge in [-0.1, -0.05) is 12.1 Å². The third-order valence-corrected chi connectivity index (χ3v) is 5.91. The van der Waals surface area contributed by atoms with E-state index < -0.39 is 0 Å². The van der Waals surface area contributed by atoms with Crippen molar-refractivity contribution in [2.24, 2.45) is 0 Å². The molecule has 1 fully saturated rings. The highest BCUT2D eigenvalue weighted by Gasteiger charge is 2.28. The van der Waals surface area contributed by atoms with E-state index in [1.165, 1.54) is 6.07 Å². The van der Waals surface area contributed by atoms with Crippen LogP contribution in [-0.2, 0) is 0 Å². The minimum atomic E-state index is -0.209. The van der Waals surface area contributed by atoms with Gasteiger partial charge >= 0.3 is 0 Å². The molecule has 32 heavy (non-hydrogen) atoms. The Morgan fingerprint density at radius 3 is 2.59 bits per heavy atom. The van der Waals surface area contributed by atoms with Crippen LogP contribution in [0, 0.1) is 5.82 Å². The molecule has 166 valence electrons. The monoisotopic (exact) mass is 437 g/mol. The van der Waals surface area contributed by atoms with Crippen molar-refractivity contribution in [2.45, 2.75) is 6.04 Å². The summed E-state index contributed by atoms with van der Waals surface area (Å²) < 4.78 is 30.5. The van der Waals surface area contributed by atoms with Crippen LogP contribution in [0.3, 0.4) is 0 Å². The van der Waals surface area contributed by atoms with Crippen LogP contribution < -0.4 is 19.7 Å². The number of piperazine rings is 1. The molecule has 2 aromatic carbocycles. The third-order valence-electron chi connectivity index (χ3n) is 5.91. The van der Waals surface area contributed by atoms with Gasteiger partial charge in [-0.2, -0.15) is 0 Å². The maximum Gasteiger partial charge on any atom is 0.251 e. The first kappa shape index (κ1) is 20.4. The fourth-order valence-corrected chi connectivity index (χ4v) is 4.20. The molecule has 2 aliphatic rings. The lowest BCUT2D eigenvalue weighted by Gasteiger charge is -2.39. The number of anilines is 1. The molecule has 3 aromatic rings. The molecule has 0 unspecified atom stereocenters. The number of rotatable bonds is 6. The molecular formula is C24H24FN3O4. The standard InChI is InChI=1S/C24H24FN3O4/c25-18-4-1-2-5-19(18)27-9-11-28(12-10-27)20(21-6-3-13-30-21)15-26-24(29)17-7-8-22-23(14-17)32-16-31-22/h1-8,13-14,20H,9-12,15-16H2,(H,26,29)/t20-/m0/s1. The summed E-state index contributed by atoms with van der Waals surface area (Å²) in [6.45, 7) is 3.38. The average Bonchev–Trinajstić information content (AvgIpc) is 3.52. The zero-order chi connectivity index (χ0) is 21.9. The summed E-state index contributed by atoms with van der Waals surface area (Å²) in [5.74, 6) is 1.60. The first-order chi connectivity index (χ1) is 15.7. The van der Waals surface area contributed by atoms with E-state index in [1.807, 2.05) is 18.2 Å². The Kier molecular flexibility index (Phi) is 5.68. The van der Waals surface area contributed by atoms with Crippen molar-refractivity contribution in [3.8, 4) is 11.5 Å². The Morgan fingerprint density at radius 2 is 1.81 bits per heavy atom. The number of nitrogens with one attached hydrogen (secondary N) is 1. The van der Waals surface area contributed by atoms with Crippen molar-refractivity contribution in [3.05, 3.63) is 78.0 Å². The average molecular weight is 437 g/mol. The number of hydrogen-bond donors (Lipinski definition) is 1. The summed E-state index contributed by atoms with van der Waals surface area (Å²) in [5, 5.41) is 3.02. The highest BCUT2D eigenvalue weighted by molar-refractivity contribution is 5.95. The third kappa shape index (κ3) is 4.13. The van der Waals surface area contributed by atoms with Crippen LogP contribution in [0.4, 0.5) is 10.1 Å². The van der Waals surface area contributed by atoms with E-state index >= 15 is 0 Å². The van der Waals surface area contributed by atoms with Crippen molar-refractivity contribution in [3.63, 3.8) is 0 Å². The maximum absolute atomic E-state index is 14.2. The second-order valence-electron chi connectivity index (χ2n) is 7.78. The summed E-state index contributed by atoms with van der Waals surface area (Å²) >= 11 is 0. The van der Waals surface area contributed by atoms with E-state index in [0.29, 0.717) is 42.4 Å². The van der Waals surface area contributed by atoms with Crippen LogP contribution in [-0.4, -0.2) is 50.3 Å². The van der Waals surface area contributed by atoms with Gasteiger partial charge in [0.15, 0.2) is 11.5 Å². The fourth-order valence-electron chi connectivity index (χ4n) is 4.20. The molecule has 2 aliphatic heterocycles. The summed E-state index contributed by atoms with van der Waals surface area (Å²) in [7, 11) is 0. The molecule has 7 nitrogen and oxygen atoms in total. The van der Waals surface area contributed by atoms with E-state index in [0.717, 1.165) is 18.8 Å². The number of carbonyl (C=O) groups excluding carboxylic acids is 1. The van der Waals surface area contributed by atoms with Gasteiger partial charge < -0.3 is 24.1 Å². The van der Waals surface area contributed by atoms with Gasteiger partial charge in [-0.15, -0.1) is 0 Å². The van der Waals surface area contributed by atoms with E-state index in [9.17, 15) is 9.18 Å². The molecule has 0 bridgehead atoms. The van der Waals surface area contributed by atoms with Crippen LogP contribution in [0.1, 0.15) is 22.2 Å². The van der Waals surface area contributed by atoms with Gasteiger partial charge in [0, 0.05) is 38.3 Å². The minimum absolute atomic E-state index is 0.120. The molecule has 0 spiro atoms. The largest absolute Gasteiger partial charge is 0.468 e. The van der Waals surface area contributed by atoms with E-state index in [-0.39, 0.29) is 24.6 Å². The number of nitrogens with zero attached hydrogens (tertiary/aromatic N) is 2. The van der Waals surface area contributed by atoms with Gasteiger partial charge in [-0.05, 0) is 42.5 Å². The molecule has 3 heterocycles. The predicted octanol–water partition coefficient (Wildman–Crippen LogP) is 3.44. The second-order valence-corrected chi connectivity index (χ2v) is 7.78. The van der Waals surface area contributed by atoms with Gasteiger partial charge in [-0.25, -0.2) is 4.39 Å². The molecule has 1 atom stereocenters. The Bertz CT molecular complexity index is 1080. The molecule has 1 N–H and O–H groups in total. The Hall–Kier alpha value is -3.52. The van der Waals surface area contributed by atoms with Crippen molar-refractivity contribution in [2.75, 3.05) is 44.4 Å². The molecule has 5 rings (SSSR count). The number of fused-ring (bicyclic) bond motifs is 1. The van der Waals surface area contributed by atoms with Gasteiger partial charge in [0.2, 0.25) is 6.79 Å². The van der Waals surface area contributed by atoms with Gasteiger partial charge in [0.1, 0.15) is 11.6 Å². The van der Waals surface area contributed by atoms with Gasteiger partial charge in [0.25, 0.3) is 5.91 Å². The summed E-state index contributed by atoms with van der Waals surface area (Å²) in [5.41, 5.74) is 1.13. The second kappa shape index (κ2) is 8.92. The lowest BCUT2D eigenvalue weighted by molar-refractivity contribution is 0.0922. The van der Waals surface area contributed by atoms with E-state index in [2.05, 4.69) is 15.1 Å². The van der Waals surface area contributed by atoms with Gasteiger partial charge in [0.05, 0.1) is 18.0 Å². The number of benzene rings is 2.